The smallest absolute Gasteiger partial charge is 0.427 e. The lowest BCUT2D eigenvalue weighted by molar-refractivity contribution is -0.243. The van der Waals surface area contributed by atoms with Crippen LogP contribution < -0.4 is 4.90 Å². The molecule has 1 N–H and O–H groups in total. The van der Waals surface area contributed by atoms with Gasteiger partial charge < -0.3 is 14.4 Å². The van der Waals surface area contributed by atoms with Gasteiger partial charge in [0.1, 0.15) is 5.82 Å². The summed E-state index contributed by atoms with van der Waals surface area (Å²) in [7, 11) is 0. The Morgan fingerprint density at radius 2 is 1.53 bits per heavy atom. The summed E-state index contributed by atoms with van der Waals surface area (Å²) in [6.45, 7) is 7.73. The number of nitrogens with zero attached hydrogens (tertiary/aromatic N) is 5. The van der Waals surface area contributed by atoms with E-state index in [4.69, 9.17) is 9.26 Å². The highest BCUT2D eigenvalue weighted by atomic mass is 19.4. The quantitative estimate of drug-likeness (QED) is 0.253. The molecule has 0 aliphatic heterocycles. The number of aromatic nitrogens is 4. The summed E-state index contributed by atoms with van der Waals surface area (Å²) in [4.78, 5) is 28.1. The van der Waals surface area contributed by atoms with E-state index in [9.17, 15) is 27.5 Å². The molecule has 3 fully saturated rings. The van der Waals surface area contributed by atoms with Gasteiger partial charge in [-0.1, -0.05) is 29.4 Å². The molecule has 0 spiro atoms. The highest BCUT2D eigenvalue weighted by molar-refractivity contribution is 5.87. The first-order chi connectivity index (χ1) is 20.7. The number of fused-ring (bicyclic) bond motifs is 3. The Morgan fingerprint density at radius 1 is 0.933 bits per heavy atom. The second kappa shape index (κ2) is 11.0. The minimum Gasteiger partial charge on any atom is -0.433 e. The van der Waals surface area contributed by atoms with Gasteiger partial charge in [-0.25, -0.2) is 19.2 Å². The molecule has 244 valence electrons. The molecule has 3 saturated carbocycles. The van der Waals surface area contributed by atoms with Gasteiger partial charge in [-0.05, 0) is 97.1 Å². The first-order valence-electron chi connectivity index (χ1n) is 15.0. The lowest BCUT2D eigenvalue weighted by atomic mass is 9.53. The maximum absolute atomic E-state index is 14.4. The van der Waals surface area contributed by atoms with Crippen molar-refractivity contribution in [2.75, 3.05) is 11.4 Å². The number of ether oxygens (including phenoxy) is 1. The second-order valence-electron chi connectivity index (χ2n) is 14.0. The van der Waals surface area contributed by atoms with E-state index in [1.807, 2.05) is 0 Å². The van der Waals surface area contributed by atoms with E-state index in [-0.39, 0.29) is 24.1 Å². The third-order valence-corrected chi connectivity index (χ3v) is 9.32. The number of carbonyl (C=O) groups excluding carboxylic acids is 1. The maximum atomic E-state index is 14.4. The minimum absolute atomic E-state index is 0.0789. The van der Waals surface area contributed by atoms with Crippen LogP contribution in [-0.2, 0) is 21.4 Å². The summed E-state index contributed by atoms with van der Waals surface area (Å²) < 4.78 is 66.0. The monoisotopic (exact) mass is 633 g/mol. The van der Waals surface area contributed by atoms with Gasteiger partial charge in [0, 0.05) is 23.7 Å². The van der Waals surface area contributed by atoms with Gasteiger partial charge >= 0.3 is 12.3 Å². The number of benzene rings is 1. The third kappa shape index (κ3) is 6.54. The molecular weight excluding hydrogens is 594 g/mol. The highest BCUT2D eigenvalue weighted by Gasteiger charge is 2.55. The minimum atomic E-state index is -4.79. The molecule has 0 radical (unpaired) electrons. The van der Waals surface area contributed by atoms with Crippen molar-refractivity contribution in [3.8, 4) is 11.4 Å². The number of amides is 1. The van der Waals surface area contributed by atoms with Crippen molar-refractivity contribution < 1.29 is 36.7 Å². The van der Waals surface area contributed by atoms with Crippen molar-refractivity contribution in [3.63, 3.8) is 0 Å². The van der Waals surface area contributed by atoms with Crippen LogP contribution in [0.3, 0.4) is 0 Å². The summed E-state index contributed by atoms with van der Waals surface area (Å²) in [6.07, 6.45) is -0.644. The van der Waals surface area contributed by atoms with Crippen LogP contribution in [0.2, 0.25) is 0 Å². The molecule has 0 atom stereocenters. The molecule has 0 saturated heterocycles. The Hall–Kier alpha value is -3.61. The van der Waals surface area contributed by atoms with Gasteiger partial charge in [-0.15, -0.1) is 0 Å². The third-order valence-electron chi connectivity index (χ3n) is 9.32. The first kappa shape index (κ1) is 32.8. The molecule has 2 aromatic heterocycles. The zero-order chi connectivity index (χ0) is 33.1. The van der Waals surface area contributed by atoms with Gasteiger partial charge in [0.25, 0.3) is 5.89 Å². The Morgan fingerprint density at radius 3 is 2.04 bits per heavy atom. The Balaban J connectivity index is 1.43. The molecule has 45 heavy (non-hydrogen) atoms. The van der Waals surface area contributed by atoms with E-state index in [2.05, 4.69) is 20.1 Å². The summed E-state index contributed by atoms with van der Waals surface area (Å²) in [5.41, 5.74) is -5.10. The van der Waals surface area contributed by atoms with Crippen LogP contribution in [0, 0.1) is 5.41 Å². The fourth-order valence-corrected chi connectivity index (χ4v) is 6.09. The molecule has 3 aliphatic rings. The van der Waals surface area contributed by atoms with E-state index >= 15 is 0 Å². The molecule has 2 heterocycles. The molecule has 13 heteroatoms. The highest BCUT2D eigenvalue weighted by Crippen LogP contribution is 2.57. The van der Waals surface area contributed by atoms with Crippen molar-refractivity contribution >= 4 is 11.9 Å². The topological polar surface area (TPSA) is 114 Å². The van der Waals surface area contributed by atoms with Gasteiger partial charge in [-0.2, -0.15) is 18.2 Å². The average Bonchev–Trinajstić information content (AvgIpc) is 3.48. The van der Waals surface area contributed by atoms with Gasteiger partial charge in [0.15, 0.2) is 17.3 Å². The molecular formula is C32H39F4N5O4. The standard InChI is InChI=1S/C32H39F4N5O4/c1-27(2,33)25-39-24(40-45-25)31-15-12-30(13-16-31,14-17-31)19-41(26(42)44-29(5,6)32(34,35)36)22-11-18-37-23(38-22)20-7-9-21(10-8-20)28(3,4)43/h7-11,18,43H,12-17,19H2,1-6H3. The van der Waals surface area contributed by atoms with Crippen LogP contribution in [0.25, 0.3) is 11.4 Å². The molecule has 0 unspecified atom stereocenters. The number of halogens is 4. The van der Waals surface area contributed by atoms with Crippen LogP contribution >= 0.6 is 0 Å². The molecule has 6 rings (SSSR count). The zero-order valence-electron chi connectivity index (χ0n) is 26.3. The SMILES string of the molecule is CC(C)(O)c1ccc(-c2nccc(N(CC34CCC(c5noc(C(C)(C)F)n5)(CC3)CC4)C(=O)OC(C)(C)C(F)(F)F)n2)cc1. The Bertz CT molecular complexity index is 1520. The lowest BCUT2D eigenvalue weighted by Gasteiger charge is -2.53. The van der Waals surface area contributed by atoms with Crippen molar-refractivity contribution in [2.24, 2.45) is 5.41 Å². The Labute approximate surface area is 259 Å². The number of anilines is 1. The van der Waals surface area contributed by atoms with Gasteiger partial charge in [-0.3, -0.25) is 4.90 Å². The zero-order valence-corrected chi connectivity index (χ0v) is 26.3. The van der Waals surface area contributed by atoms with Gasteiger partial charge in [0.05, 0.1) is 5.60 Å². The molecule has 3 aromatic rings. The first-order valence-corrected chi connectivity index (χ1v) is 15.0. The summed E-state index contributed by atoms with van der Waals surface area (Å²) in [5.74, 6) is 0.759. The maximum Gasteiger partial charge on any atom is 0.427 e. The van der Waals surface area contributed by atoms with E-state index < -0.39 is 40.0 Å². The number of aliphatic hydroxyl groups is 1. The number of hydrogen-bond acceptors (Lipinski definition) is 8. The number of carbonyl (C=O) groups is 1. The van der Waals surface area contributed by atoms with Crippen molar-refractivity contribution in [1.29, 1.82) is 0 Å². The summed E-state index contributed by atoms with van der Waals surface area (Å²) in [5, 5.41) is 14.4. The fourth-order valence-electron chi connectivity index (χ4n) is 6.09. The predicted octanol–water partition coefficient (Wildman–Crippen LogP) is 7.53. The van der Waals surface area contributed by atoms with E-state index in [1.165, 1.54) is 31.0 Å². The molecule has 1 aromatic carbocycles. The fraction of sp³-hybridized carbons (Fsp3) is 0.594. The second-order valence-corrected chi connectivity index (χ2v) is 14.0. The van der Waals surface area contributed by atoms with Crippen molar-refractivity contribution in [3.05, 3.63) is 53.8 Å². The Kier molecular flexibility index (Phi) is 8.03. The van der Waals surface area contributed by atoms with E-state index in [0.717, 1.165) is 13.8 Å². The summed E-state index contributed by atoms with van der Waals surface area (Å²) >= 11 is 0. The summed E-state index contributed by atoms with van der Waals surface area (Å²) in [6, 6.07) is 8.41. The number of hydrogen-bond donors (Lipinski definition) is 1. The molecule has 1 amide bonds. The predicted molar refractivity (Wildman–Crippen MR) is 157 cm³/mol. The van der Waals surface area contributed by atoms with Crippen LogP contribution in [-0.4, -0.2) is 49.6 Å². The normalized spacial score (nSPS) is 22.4. The van der Waals surface area contributed by atoms with E-state index in [0.29, 0.717) is 55.5 Å². The van der Waals surface area contributed by atoms with Crippen LogP contribution in [0.15, 0.2) is 41.1 Å². The largest absolute Gasteiger partial charge is 0.433 e. The van der Waals surface area contributed by atoms with Crippen LogP contribution in [0.1, 0.15) is 97.3 Å². The van der Waals surface area contributed by atoms with Crippen LogP contribution in [0.5, 0.6) is 0 Å². The van der Waals surface area contributed by atoms with Gasteiger partial charge in [0.2, 0.25) is 5.60 Å². The number of rotatable bonds is 8. The molecule has 9 nitrogen and oxygen atoms in total. The lowest BCUT2D eigenvalue weighted by Crippen LogP contribution is -2.53. The van der Waals surface area contributed by atoms with E-state index in [1.54, 1.807) is 38.1 Å². The van der Waals surface area contributed by atoms with Crippen molar-refractivity contribution in [1.82, 2.24) is 20.1 Å². The van der Waals surface area contributed by atoms with Crippen molar-refractivity contribution in [2.45, 2.75) is 109 Å². The average molecular weight is 634 g/mol. The van der Waals surface area contributed by atoms with Crippen LogP contribution in [0.4, 0.5) is 28.2 Å². The molecule has 3 aliphatic carbocycles. The number of alkyl halides is 4. The molecule has 2 bridgehead atoms.